The van der Waals surface area contributed by atoms with Crippen LogP contribution in [0.4, 0.5) is 10.8 Å². The van der Waals surface area contributed by atoms with Crippen molar-refractivity contribution in [1.29, 1.82) is 5.26 Å². The number of ketones is 1. The Labute approximate surface area is 226 Å². The number of para-hydroxylation sites is 1. The predicted molar refractivity (Wildman–Crippen MR) is 145 cm³/mol. The van der Waals surface area contributed by atoms with Gasteiger partial charge in [-0.3, -0.25) is 14.5 Å². The van der Waals surface area contributed by atoms with Crippen LogP contribution in [0.25, 0.3) is 0 Å². The van der Waals surface area contributed by atoms with E-state index in [0.29, 0.717) is 50.6 Å². The Morgan fingerprint density at radius 1 is 1.19 bits per heavy atom. The van der Waals surface area contributed by atoms with Crippen LogP contribution in [-0.4, -0.2) is 27.6 Å². The normalized spacial score (nSPS) is 17.5. The highest BCUT2D eigenvalue weighted by atomic mass is 35.5. The number of nitrogens with zero attached hydrogens (tertiary/aromatic N) is 4. The number of amides is 1. The molecule has 8 nitrogen and oxygen atoms in total. The molecule has 11 heteroatoms. The van der Waals surface area contributed by atoms with Gasteiger partial charge in [-0.15, -0.1) is 10.2 Å². The number of allylic oxidation sites excluding steroid dienone is 3. The highest BCUT2D eigenvalue weighted by Gasteiger charge is 2.41. The minimum absolute atomic E-state index is 0.00992. The SMILES string of the molecule is N#CC1=C(N)N(c2nnc(SCC(=O)Nc3ccccc3Cl)s2)C2=C(C(=O)CCC2)C1c1ccccc1. The molecule has 1 unspecified atom stereocenters. The van der Waals surface area contributed by atoms with E-state index in [1.807, 2.05) is 30.3 Å². The number of aromatic nitrogens is 2. The van der Waals surface area contributed by atoms with E-state index in [1.54, 1.807) is 29.2 Å². The maximum absolute atomic E-state index is 13.2. The summed E-state index contributed by atoms with van der Waals surface area (Å²) in [5.41, 5.74) is 9.61. The number of halogens is 1. The lowest BCUT2D eigenvalue weighted by Gasteiger charge is -2.38. The molecule has 0 saturated heterocycles. The lowest BCUT2D eigenvalue weighted by molar-refractivity contribution is -0.116. The summed E-state index contributed by atoms with van der Waals surface area (Å²) in [5.74, 6) is -0.380. The molecule has 186 valence electrons. The van der Waals surface area contributed by atoms with Crippen LogP contribution in [-0.2, 0) is 9.59 Å². The second-order valence-electron chi connectivity index (χ2n) is 8.39. The number of thioether (sulfide) groups is 1. The van der Waals surface area contributed by atoms with Gasteiger partial charge in [0.15, 0.2) is 10.1 Å². The standard InChI is InChI=1S/C26H21ClN6O2S2/c27-17-9-4-5-10-18(17)30-21(35)14-36-26-32-31-25(37-26)33-19-11-6-12-20(34)23(19)22(16(13-28)24(33)29)15-7-2-1-3-8-15/h1-5,7-10,22H,6,11-12,14,29H2,(H,30,35). The van der Waals surface area contributed by atoms with Gasteiger partial charge in [-0.1, -0.05) is 77.2 Å². The number of Topliss-reactive ketones (excluding diaryl/α,β-unsaturated/α-hetero) is 1. The summed E-state index contributed by atoms with van der Waals surface area (Å²) < 4.78 is 0.560. The Hall–Kier alpha value is -3.65. The maximum atomic E-state index is 13.2. The molecule has 37 heavy (non-hydrogen) atoms. The molecule has 3 aromatic rings. The third kappa shape index (κ3) is 4.98. The van der Waals surface area contributed by atoms with Crippen molar-refractivity contribution in [2.75, 3.05) is 16.0 Å². The molecule has 1 aromatic heterocycles. The summed E-state index contributed by atoms with van der Waals surface area (Å²) in [4.78, 5) is 27.3. The van der Waals surface area contributed by atoms with Crippen molar-refractivity contribution in [1.82, 2.24) is 10.2 Å². The molecule has 0 saturated carbocycles. The number of hydrogen-bond acceptors (Lipinski definition) is 9. The summed E-state index contributed by atoms with van der Waals surface area (Å²) in [6.45, 7) is 0. The van der Waals surface area contributed by atoms with E-state index < -0.39 is 5.92 Å². The first-order valence-corrected chi connectivity index (χ1v) is 13.7. The molecule has 2 aliphatic rings. The first kappa shape index (κ1) is 25.0. The van der Waals surface area contributed by atoms with Gasteiger partial charge in [0.25, 0.3) is 0 Å². The first-order chi connectivity index (χ1) is 18.0. The molecule has 2 heterocycles. The topological polar surface area (TPSA) is 125 Å². The number of carbonyl (C=O) groups is 2. The van der Waals surface area contributed by atoms with E-state index in [1.165, 1.54) is 23.1 Å². The number of nitriles is 1. The van der Waals surface area contributed by atoms with Crippen molar-refractivity contribution < 1.29 is 9.59 Å². The molecule has 1 aliphatic carbocycles. The largest absolute Gasteiger partial charge is 0.384 e. The van der Waals surface area contributed by atoms with Crippen molar-refractivity contribution in [2.45, 2.75) is 29.5 Å². The third-order valence-electron chi connectivity index (χ3n) is 6.11. The number of rotatable bonds is 6. The number of anilines is 2. The van der Waals surface area contributed by atoms with Crippen LogP contribution in [0.1, 0.15) is 30.7 Å². The fourth-order valence-corrected chi connectivity index (χ4v) is 6.37. The van der Waals surface area contributed by atoms with Crippen LogP contribution in [0, 0.1) is 11.3 Å². The lowest BCUT2D eigenvalue weighted by atomic mass is 9.76. The second-order valence-corrected chi connectivity index (χ2v) is 11.0. The number of carbonyl (C=O) groups excluding carboxylic acids is 2. The maximum Gasteiger partial charge on any atom is 0.234 e. The Morgan fingerprint density at radius 3 is 2.70 bits per heavy atom. The van der Waals surface area contributed by atoms with E-state index in [0.717, 1.165) is 11.3 Å². The van der Waals surface area contributed by atoms with Gasteiger partial charge in [0.05, 0.1) is 34.0 Å². The summed E-state index contributed by atoms with van der Waals surface area (Å²) in [6.07, 6.45) is 1.74. The van der Waals surface area contributed by atoms with Crippen LogP contribution in [0.5, 0.6) is 0 Å². The average Bonchev–Trinajstić information content (AvgIpc) is 3.37. The van der Waals surface area contributed by atoms with Gasteiger partial charge in [0.2, 0.25) is 11.0 Å². The molecule has 3 N–H and O–H groups in total. The minimum atomic E-state index is -0.513. The molecule has 5 rings (SSSR count). The lowest BCUT2D eigenvalue weighted by Crippen LogP contribution is -2.38. The Bertz CT molecular complexity index is 1480. The van der Waals surface area contributed by atoms with Crippen LogP contribution in [0.2, 0.25) is 5.02 Å². The van der Waals surface area contributed by atoms with Gasteiger partial charge in [0, 0.05) is 17.7 Å². The van der Waals surface area contributed by atoms with Crippen molar-refractivity contribution in [3.05, 3.63) is 87.8 Å². The van der Waals surface area contributed by atoms with Crippen molar-refractivity contribution in [3.8, 4) is 6.07 Å². The van der Waals surface area contributed by atoms with Crippen molar-refractivity contribution >= 4 is 57.2 Å². The molecular formula is C26H21ClN6O2S2. The van der Waals surface area contributed by atoms with E-state index in [9.17, 15) is 14.9 Å². The molecule has 0 spiro atoms. The summed E-state index contributed by atoms with van der Waals surface area (Å²) >= 11 is 8.60. The zero-order chi connectivity index (χ0) is 25.9. The van der Waals surface area contributed by atoms with Crippen molar-refractivity contribution in [3.63, 3.8) is 0 Å². The molecular weight excluding hydrogens is 528 g/mol. The number of hydrogen-bond donors (Lipinski definition) is 2. The highest BCUT2D eigenvalue weighted by Crippen LogP contribution is 2.47. The van der Waals surface area contributed by atoms with Crippen LogP contribution < -0.4 is 16.0 Å². The van der Waals surface area contributed by atoms with Crippen LogP contribution >= 0.6 is 34.7 Å². The van der Waals surface area contributed by atoms with Gasteiger partial charge < -0.3 is 11.1 Å². The van der Waals surface area contributed by atoms with E-state index >= 15 is 0 Å². The monoisotopic (exact) mass is 548 g/mol. The van der Waals surface area contributed by atoms with Gasteiger partial charge in [-0.25, -0.2) is 0 Å². The quantitative estimate of drug-likeness (QED) is 0.401. The molecule has 1 atom stereocenters. The predicted octanol–water partition coefficient (Wildman–Crippen LogP) is 5.23. The molecule has 0 fully saturated rings. The molecule has 0 radical (unpaired) electrons. The number of benzene rings is 2. The van der Waals surface area contributed by atoms with Gasteiger partial charge in [-0.2, -0.15) is 5.26 Å². The molecule has 2 aromatic carbocycles. The van der Waals surface area contributed by atoms with Gasteiger partial charge >= 0.3 is 0 Å². The fraction of sp³-hybridized carbons (Fsp3) is 0.192. The van der Waals surface area contributed by atoms with E-state index in [4.69, 9.17) is 17.3 Å². The zero-order valence-corrected chi connectivity index (χ0v) is 21.9. The summed E-state index contributed by atoms with van der Waals surface area (Å²) in [6, 6.07) is 18.7. The average molecular weight is 549 g/mol. The van der Waals surface area contributed by atoms with Crippen molar-refractivity contribution in [2.24, 2.45) is 5.73 Å². The first-order valence-electron chi connectivity index (χ1n) is 11.5. The van der Waals surface area contributed by atoms with E-state index in [2.05, 4.69) is 21.6 Å². The summed E-state index contributed by atoms with van der Waals surface area (Å²) in [7, 11) is 0. The number of nitrogens with one attached hydrogen (secondary N) is 1. The smallest absolute Gasteiger partial charge is 0.234 e. The van der Waals surface area contributed by atoms with Crippen LogP contribution in [0.3, 0.4) is 0 Å². The minimum Gasteiger partial charge on any atom is -0.384 e. The number of nitrogens with two attached hydrogens (primary N) is 1. The zero-order valence-electron chi connectivity index (χ0n) is 19.5. The Balaban J connectivity index is 1.42. The highest BCUT2D eigenvalue weighted by molar-refractivity contribution is 8.01. The Morgan fingerprint density at radius 2 is 1.95 bits per heavy atom. The van der Waals surface area contributed by atoms with Crippen LogP contribution in [0.15, 0.2) is 81.6 Å². The van der Waals surface area contributed by atoms with Gasteiger partial charge in [0.1, 0.15) is 5.82 Å². The molecule has 0 bridgehead atoms. The van der Waals surface area contributed by atoms with Gasteiger partial charge in [-0.05, 0) is 30.5 Å². The molecule has 1 amide bonds. The second kappa shape index (κ2) is 10.8. The fourth-order valence-electron chi connectivity index (χ4n) is 4.51. The van der Waals surface area contributed by atoms with E-state index in [-0.39, 0.29) is 23.3 Å². The molecule has 1 aliphatic heterocycles. The third-order valence-corrected chi connectivity index (χ3v) is 8.48. The summed E-state index contributed by atoms with van der Waals surface area (Å²) in [5, 5.41) is 22.3. The Kier molecular flexibility index (Phi) is 7.28.